The Labute approximate surface area is 96.4 Å². The molecule has 0 aromatic rings. The van der Waals surface area contributed by atoms with Crippen molar-refractivity contribution < 1.29 is 9.59 Å². The summed E-state index contributed by atoms with van der Waals surface area (Å²) in [5, 5.41) is 8.55. The molecule has 0 unspecified atom stereocenters. The molecule has 0 spiro atoms. The molecule has 16 heavy (non-hydrogen) atoms. The van der Waals surface area contributed by atoms with Crippen LogP contribution in [0, 0.1) is 5.92 Å². The van der Waals surface area contributed by atoms with Crippen molar-refractivity contribution >= 4 is 11.8 Å². The van der Waals surface area contributed by atoms with Crippen molar-refractivity contribution in [2.45, 2.75) is 26.2 Å². The fourth-order valence-corrected chi connectivity index (χ4v) is 1.32. The van der Waals surface area contributed by atoms with Crippen LogP contribution in [0.2, 0.25) is 0 Å². The van der Waals surface area contributed by atoms with Crippen LogP contribution in [0.25, 0.3) is 0 Å². The minimum atomic E-state index is -0.0193. The van der Waals surface area contributed by atoms with Crippen LogP contribution in [0.3, 0.4) is 0 Å². The average Bonchev–Trinajstić information content (AvgIpc) is 3.08. The molecule has 1 aliphatic carbocycles. The molecule has 0 aromatic carbocycles. The van der Waals surface area contributed by atoms with E-state index in [1.54, 1.807) is 0 Å². The van der Waals surface area contributed by atoms with E-state index in [0.29, 0.717) is 19.6 Å². The van der Waals surface area contributed by atoms with Crippen molar-refractivity contribution in [1.29, 1.82) is 0 Å². The maximum atomic E-state index is 11.2. The van der Waals surface area contributed by atoms with E-state index in [4.69, 9.17) is 0 Å². The SMILES string of the molecule is CCCNCC(=O)NCCNC(=O)C1CC1. The van der Waals surface area contributed by atoms with Crippen LogP contribution in [0.1, 0.15) is 26.2 Å². The van der Waals surface area contributed by atoms with Gasteiger partial charge in [0.25, 0.3) is 0 Å². The van der Waals surface area contributed by atoms with Crippen molar-refractivity contribution in [3.63, 3.8) is 0 Å². The van der Waals surface area contributed by atoms with Crippen LogP contribution < -0.4 is 16.0 Å². The van der Waals surface area contributed by atoms with Gasteiger partial charge in [-0.05, 0) is 25.8 Å². The van der Waals surface area contributed by atoms with Gasteiger partial charge in [-0.3, -0.25) is 9.59 Å². The molecule has 0 heterocycles. The highest BCUT2D eigenvalue weighted by Crippen LogP contribution is 2.28. The summed E-state index contributed by atoms with van der Waals surface area (Å²) in [5.74, 6) is 0.342. The quantitative estimate of drug-likeness (QED) is 0.495. The molecule has 3 N–H and O–H groups in total. The Morgan fingerprint density at radius 3 is 2.44 bits per heavy atom. The van der Waals surface area contributed by atoms with Gasteiger partial charge in [-0.25, -0.2) is 0 Å². The summed E-state index contributed by atoms with van der Waals surface area (Å²) in [6.07, 6.45) is 3.04. The second kappa shape index (κ2) is 7.22. The van der Waals surface area contributed by atoms with Crippen LogP contribution >= 0.6 is 0 Å². The predicted molar refractivity (Wildman–Crippen MR) is 61.9 cm³/mol. The van der Waals surface area contributed by atoms with Crippen LogP contribution in [-0.2, 0) is 9.59 Å². The molecular formula is C11H21N3O2. The number of amides is 2. The van der Waals surface area contributed by atoms with E-state index in [2.05, 4.69) is 22.9 Å². The lowest BCUT2D eigenvalue weighted by atomic mass is 10.4. The smallest absolute Gasteiger partial charge is 0.234 e. The van der Waals surface area contributed by atoms with Gasteiger partial charge in [0.15, 0.2) is 0 Å². The Balaban J connectivity index is 1.89. The van der Waals surface area contributed by atoms with E-state index in [9.17, 15) is 9.59 Å². The van der Waals surface area contributed by atoms with Crippen LogP contribution in [0.15, 0.2) is 0 Å². The monoisotopic (exact) mass is 227 g/mol. The first kappa shape index (κ1) is 13.0. The normalized spacial score (nSPS) is 14.6. The zero-order valence-electron chi connectivity index (χ0n) is 9.84. The maximum absolute atomic E-state index is 11.2. The Kier molecular flexibility index (Phi) is 5.85. The average molecular weight is 227 g/mol. The third-order valence-electron chi connectivity index (χ3n) is 2.41. The molecule has 1 saturated carbocycles. The summed E-state index contributed by atoms with van der Waals surface area (Å²) in [6, 6.07) is 0. The molecule has 5 heteroatoms. The number of rotatable bonds is 8. The molecule has 0 aromatic heterocycles. The Morgan fingerprint density at radius 1 is 1.12 bits per heavy atom. The van der Waals surface area contributed by atoms with Gasteiger partial charge in [0.05, 0.1) is 6.54 Å². The lowest BCUT2D eigenvalue weighted by molar-refractivity contribution is -0.123. The maximum Gasteiger partial charge on any atom is 0.234 e. The van der Waals surface area contributed by atoms with E-state index in [1.165, 1.54) is 0 Å². The molecule has 0 aliphatic heterocycles. The molecule has 92 valence electrons. The fraction of sp³-hybridized carbons (Fsp3) is 0.818. The third kappa shape index (κ3) is 5.70. The van der Waals surface area contributed by atoms with Crippen molar-refractivity contribution in [2.75, 3.05) is 26.2 Å². The highest BCUT2D eigenvalue weighted by molar-refractivity contribution is 5.81. The van der Waals surface area contributed by atoms with E-state index in [1.807, 2.05) is 0 Å². The second-order valence-electron chi connectivity index (χ2n) is 4.09. The molecule has 1 fully saturated rings. The molecule has 5 nitrogen and oxygen atoms in total. The van der Waals surface area contributed by atoms with E-state index in [0.717, 1.165) is 25.8 Å². The summed E-state index contributed by atoms with van der Waals surface area (Å²) in [4.78, 5) is 22.4. The van der Waals surface area contributed by atoms with Crippen LogP contribution in [0.4, 0.5) is 0 Å². The molecule has 0 saturated heterocycles. The van der Waals surface area contributed by atoms with Crippen molar-refractivity contribution in [2.24, 2.45) is 5.92 Å². The largest absolute Gasteiger partial charge is 0.354 e. The standard InChI is InChI=1S/C11H21N3O2/c1-2-5-12-8-10(15)13-6-7-14-11(16)9-3-4-9/h9,12H,2-8H2,1H3,(H,13,15)(H,14,16). The lowest BCUT2D eigenvalue weighted by Gasteiger charge is -2.07. The Morgan fingerprint density at radius 2 is 1.81 bits per heavy atom. The van der Waals surface area contributed by atoms with Crippen molar-refractivity contribution in [3.8, 4) is 0 Å². The van der Waals surface area contributed by atoms with Gasteiger partial charge >= 0.3 is 0 Å². The molecule has 0 radical (unpaired) electrons. The van der Waals surface area contributed by atoms with Gasteiger partial charge in [0.1, 0.15) is 0 Å². The van der Waals surface area contributed by atoms with Gasteiger partial charge < -0.3 is 16.0 Å². The van der Waals surface area contributed by atoms with Crippen LogP contribution in [0.5, 0.6) is 0 Å². The first-order valence-electron chi connectivity index (χ1n) is 5.99. The molecule has 1 aliphatic rings. The highest BCUT2D eigenvalue weighted by atomic mass is 16.2. The minimum Gasteiger partial charge on any atom is -0.354 e. The first-order valence-corrected chi connectivity index (χ1v) is 5.99. The number of nitrogens with one attached hydrogen (secondary N) is 3. The molecule has 0 atom stereocenters. The summed E-state index contributed by atoms with van der Waals surface area (Å²) >= 11 is 0. The van der Waals surface area contributed by atoms with Gasteiger partial charge in [-0.2, -0.15) is 0 Å². The van der Waals surface area contributed by atoms with Crippen molar-refractivity contribution in [1.82, 2.24) is 16.0 Å². The number of hydrogen-bond donors (Lipinski definition) is 3. The zero-order valence-corrected chi connectivity index (χ0v) is 9.84. The molecule has 0 bridgehead atoms. The van der Waals surface area contributed by atoms with E-state index < -0.39 is 0 Å². The number of carbonyl (C=O) groups is 2. The van der Waals surface area contributed by atoms with Gasteiger partial charge in [-0.15, -0.1) is 0 Å². The summed E-state index contributed by atoms with van der Waals surface area (Å²) in [7, 11) is 0. The minimum absolute atomic E-state index is 0.0193. The molecular weight excluding hydrogens is 206 g/mol. The highest BCUT2D eigenvalue weighted by Gasteiger charge is 2.28. The zero-order chi connectivity index (χ0) is 11.8. The fourth-order valence-electron chi connectivity index (χ4n) is 1.32. The lowest BCUT2D eigenvalue weighted by Crippen LogP contribution is -2.39. The molecule has 2 amide bonds. The van der Waals surface area contributed by atoms with Gasteiger partial charge in [0.2, 0.25) is 11.8 Å². The van der Waals surface area contributed by atoms with Gasteiger partial charge in [0, 0.05) is 19.0 Å². The third-order valence-corrected chi connectivity index (χ3v) is 2.41. The van der Waals surface area contributed by atoms with Crippen molar-refractivity contribution in [3.05, 3.63) is 0 Å². The topological polar surface area (TPSA) is 70.2 Å². The summed E-state index contributed by atoms with van der Waals surface area (Å²) < 4.78 is 0. The van der Waals surface area contributed by atoms with Gasteiger partial charge in [-0.1, -0.05) is 6.92 Å². The van der Waals surface area contributed by atoms with Crippen LogP contribution in [-0.4, -0.2) is 38.0 Å². The second-order valence-corrected chi connectivity index (χ2v) is 4.09. The Hall–Kier alpha value is -1.10. The summed E-state index contributed by atoms with van der Waals surface area (Å²) in [6.45, 7) is 4.29. The number of hydrogen-bond acceptors (Lipinski definition) is 3. The Bertz CT molecular complexity index is 239. The van der Waals surface area contributed by atoms with E-state index >= 15 is 0 Å². The first-order chi connectivity index (χ1) is 7.74. The molecule has 1 rings (SSSR count). The summed E-state index contributed by atoms with van der Waals surface area (Å²) in [5.41, 5.74) is 0. The van der Waals surface area contributed by atoms with E-state index in [-0.39, 0.29) is 17.7 Å². The number of carbonyl (C=O) groups excluding carboxylic acids is 2. The predicted octanol–water partition coefficient (Wildman–Crippen LogP) is -0.372.